The van der Waals surface area contributed by atoms with Gasteiger partial charge in [-0.3, -0.25) is 0 Å². The van der Waals surface area contributed by atoms with Crippen LogP contribution in [0.5, 0.6) is 0 Å². The number of anilines is 1. The number of fused-ring (bicyclic) bond motifs is 1. The van der Waals surface area contributed by atoms with E-state index in [1.807, 2.05) is 7.05 Å². The van der Waals surface area contributed by atoms with Crippen molar-refractivity contribution in [2.24, 2.45) is 7.05 Å². The molecule has 0 radical (unpaired) electrons. The summed E-state index contributed by atoms with van der Waals surface area (Å²) in [6.07, 6.45) is 0.876. The number of aryl methyl sites for hydroxylation is 2. The number of hydrogen-bond acceptors (Lipinski definition) is 6. The van der Waals surface area contributed by atoms with Crippen molar-refractivity contribution in [3.63, 3.8) is 0 Å². The first-order valence-electron chi connectivity index (χ1n) is 9.09. The largest absolute Gasteiger partial charge is 0.378 e. The lowest BCUT2D eigenvalue weighted by molar-refractivity contribution is 0.122. The van der Waals surface area contributed by atoms with E-state index in [-0.39, 0.29) is 0 Å². The normalized spacial score (nSPS) is 14.9. The van der Waals surface area contributed by atoms with Gasteiger partial charge in [0.15, 0.2) is 22.1 Å². The van der Waals surface area contributed by atoms with E-state index in [4.69, 9.17) is 19.7 Å². The maximum atomic E-state index is 5.51. The van der Waals surface area contributed by atoms with Crippen molar-refractivity contribution in [3.05, 3.63) is 39.2 Å². The Labute approximate surface area is 176 Å². The van der Waals surface area contributed by atoms with Crippen molar-refractivity contribution in [3.8, 4) is 0 Å². The number of morpholine rings is 1. The molecule has 0 saturated carbocycles. The predicted octanol–water partition coefficient (Wildman–Crippen LogP) is 3.66. The van der Waals surface area contributed by atoms with Crippen molar-refractivity contribution in [2.45, 2.75) is 24.3 Å². The molecule has 0 aliphatic carbocycles. The summed E-state index contributed by atoms with van der Waals surface area (Å²) in [6.45, 7) is 5.25. The van der Waals surface area contributed by atoms with Gasteiger partial charge in [0.2, 0.25) is 0 Å². The van der Waals surface area contributed by atoms with Gasteiger partial charge in [-0.05, 0) is 40.3 Å². The number of ether oxygens (including phenoxy) is 1. The average Bonchev–Trinajstić information content (AvgIpc) is 3.03. The van der Waals surface area contributed by atoms with Gasteiger partial charge in [0.05, 0.1) is 13.2 Å². The fraction of sp³-hybridized carbons (Fsp3) is 0.421. The topological polar surface area (TPSA) is 56.1 Å². The van der Waals surface area contributed by atoms with Crippen LogP contribution in [0.4, 0.5) is 5.82 Å². The molecule has 0 N–H and O–H groups in total. The monoisotopic (exact) mass is 495 g/mol. The number of benzene rings is 1. The Morgan fingerprint density at radius 3 is 2.56 bits per heavy atom. The molecule has 0 spiro atoms. The van der Waals surface area contributed by atoms with E-state index in [0.717, 1.165) is 66.4 Å². The Kier molecular flexibility index (Phi) is 5.84. The molecule has 1 aromatic carbocycles. The van der Waals surface area contributed by atoms with Crippen molar-refractivity contribution < 1.29 is 4.74 Å². The third kappa shape index (κ3) is 4.07. The molecular weight excluding hydrogens is 473 g/mol. The molecule has 1 aliphatic rings. The number of halogens is 1. The maximum absolute atomic E-state index is 5.51. The lowest BCUT2D eigenvalue weighted by Crippen LogP contribution is -2.37. The van der Waals surface area contributed by atoms with Crippen LogP contribution in [0, 0.1) is 3.57 Å². The fourth-order valence-corrected chi connectivity index (χ4v) is 4.33. The third-order valence-corrected chi connectivity index (χ3v) is 6.32. The van der Waals surface area contributed by atoms with Gasteiger partial charge in [-0.25, -0.2) is 15.0 Å². The van der Waals surface area contributed by atoms with Crippen molar-refractivity contribution in [2.75, 3.05) is 31.2 Å². The zero-order valence-corrected chi connectivity index (χ0v) is 18.5. The van der Waals surface area contributed by atoms with Crippen LogP contribution in [0.15, 0.2) is 29.4 Å². The number of rotatable bonds is 5. The van der Waals surface area contributed by atoms with Crippen LogP contribution in [-0.4, -0.2) is 45.8 Å². The molecule has 4 rings (SSSR count). The van der Waals surface area contributed by atoms with E-state index in [9.17, 15) is 0 Å². The molecule has 0 amide bonds. The van der Waals surface area contributed by atoms with Gasteiger partial charge >= 0.3 is 0 Å². The second-order valence-electron chi connectivity index (χ2n) is 6.46. The van der Waals surface area contributed by atoms with Gasteiger partial charge < -0.3 is 14.2 Å². The first-order chi connectivity index (χ1) is 13.2. The zero-order valence-electron chi connectivity index (χ0n) is 15.5. The van der Waals surface area contributed by atoms with Crippen molar-refractivity contribution in [1.82, 2.24) is 19.5 Å². The SMILES string of the molecule is CCc1nc2c(N3CCOCC3)nc(SCc3ccc(I)cc3)nc2n1C. The highest BCUT2D eigenvalue weighted by Crippen LogP contribution is 2.29. The summed E-state index contributed by atoms with van der Waals surface area (Å²) in [6, 6.07) is 8.59. The lowest BCUT2D eigenvalue weighted by atomic mass is 10.2. The predicted molar refractivity (Wildman–Crippen MR) is 117 cm³/mol. The molecule has 2 aromatic heterocycles. The number of nitrogens with zero attached hydrogens (tertiary/aromatic N) is 5. The summed E-state index contributed by atoms with van der Waals surface area (Å²) in [7, 11) is 2.04. The number of hydrogen-bond donors (Lipinski definition) is 0. The average molecular weight is 495 g/mol. The highest BCUT2D eigenvalue weighted by atomic mass is 127. The van der Waals surface area contributed by atoms with Crippen LogP contribution in [0.2, 0.25) is 0 Å². The summed E-state index contributed by atoms with van der Waals surface area (Å²) in [5, 5.41) is 0.799. The summed E-state index contributed by atoms with van der Waals surface area (Å²) < 4.78 is 8.85. The Balaban J connectivity index is 1.69. The van der Waals surface area contributed by atoms with Crippen LogP contribution < -0.4 is 4.90 Å². The van der Waals surface area contributed by atoms with E-state index < -0.39 is 0 Å². The fourth-order valence-electron chi connectivity index (χ4n) is 3.18. The van der Waals surface area contributed by atoms with Gasteiger partial charge in [-0.1, -0.05) is 30.8 Å². The van der Waals surface area contributed by atoms with Gasteiger partial charge in [0.25, 0.3) is 0 Å². The Bertz CT molecular complexity index is 937. The number of thioether (sulfide) groups is 1. The van der Waals surface area contributed by atoms with E-state index >= 15 is 0 Å². The second kappa shape index (κ2) is 8.32. The van der Waals surface area contributed by atoms with E-state index in [0.29, 0.717) is 0 Å². The van der Waals surface area contributed by atoms with E-state index in [1.54, 1.807) is 11.8 Å². The third-order valence-electron chi connectivity index (χ3n) is 4.68. The quantitative estimate of drug-likeness (QED) is 0.306. The first kappa shape index (κ1) is 18.9. The summed E-state index contributed by atoms with van der Waals surface area (Å²) in [5.74, 6) is 2.82. The molecule has 8 heteroatoms. The van der Waals surface area contributed by atoms with Crippen LogP contribution in [-0.2, 0) is 24.0 Å². The van der Waals surface area contributed by atoms with Gasteiger partial charge in [-0.2, -0.15) is 0 Å². The van der Waals surface area contributed by atoms with E-state index in [2.05, 4.69) is 63.2 Å². The molecule has 3 heterocycles. The van der Waals surface area contributed by atoms with Crippen molar-refractivity contribution in [1.29, 1.82) is 0 Å². The standard InChI is InChI=1S/C19H22IN5OS/c1-3-15-21-16-17(24(15)2)22-19(23-18(16)25-8-10-26-11-9-25)27-12-13-4-6-14(20)7-5-13/h4-7H,3,8-12H2,1-2H3. The molecule has 142 valence electrons. The van der Waals surface area contributed by atoms with Gasteiger partial charge in [0, 0.05) is 35.9 Å². The zero-order chi connectivity index (χ0) is 18.8. The Morgan fingerprint density at radius 2 is 1.85 bits per heavy atom. The van der Waals surface area contributed by atoms with Crippen LogP contribution in [0.3, 0.4) is 0 Å². The lowest BCUT2D eigenvalue weighted by Gasteiger charge is -2.28. The molecule has 1 fully saturated rings. The van der Waals surface area contributed by atoms with Gasteiger partial charge in [0.1, 0.15) is 5.82 Å². The van der Waals surface area contributed by atoms with Gasteiger partial charge in [-0.15, -0.1) is 0 Å². The number of imidazole rings is 1. The molecule has 3 aromatic rings. The van der Waals surface area contributed by atoms with Crippen molar-refractivity contribution >= 4 is 51.3 Å². The van der Waals surface area contributed by atoms with E-state index in [1.165, 1.54) is 9.13 Å². The molecule has 1 aliphatic heterocycles. The maximum Gasteiger partial charge on any atom is 0.191 e. The smallest absolute Gasteiger partial charge is 0.191 e. The summed E-state index contributed by atoms with van der Waals surface area (Å²) in [4.78, 5) is 16.8. The molecule has 0 atom stereocenters. The first-order valence-corrected chi connectivity index (χ1v) is 11.2. The molecule has 0 unspecified atom stereocenters. The molecular formula is C19H22IN5OS. The van der Waals surface area contributed by atoms with Crippen LogP contribution in [0.25, 0.3) is 11.2 Å². The minimum Gasteiger partial charge on any atom is -0.378 e. The minimum atomic E-state index is 0.726. The molecule has 1 saturated heterocycles. The Morgan fingerprint density at radius 1 is 1.11 bits per heavy atom. The molecule has 0 bridgehead atoms. The summed E-state index contributed by atoms with van der Waals surface area (Å²) >= 11 is 4.00. The minimum absolute atomic E-state index is 0.726. The Hall–Kier alpha value is -1.39. The molecule has 6 nitrogen and oxygen atoms in total. The molecule has 27 heavy (non-hydrogen) atoms. The highest BCUT2D eigenvalue weighted by molar-refractivity contribution is 14.1. The highest BCUT2D eigenvalue weighted by Gasteiger charge is 2.21. The van der Waals surface area contributed by atoms with Crippen LogP contribution >= 0.6 is 34.4 Å². The number of aromatic nitrogens is 4. The second-order valence-corrected chi connectivity index (χ2v) is 8.65. The summed E-state index contributed by atoms with van der Waals surface area (Å²) in [5.41, 5.74) is 3.08. The van der Waals surface area contributed by atoms with Crippen LogP contribution in [0.1, 0.15) is 18.3 Å².